The average Bonchev–Trinajstić information content (AvgIpc) is 3.33. The number of hydrogen-bond donors (Lipinski definition) is 0. The lowest BCUT2D eigenvalue weighted by molar-refractivity contribution is -0.384. The van der Waals surface area contributed by atoms with Gasteiger partial charge in [0.25, 0.3) is 17.5 Å². The van der Waals surface area contributed by atoms with Crippen LogP contribution in [0.4, 0.5) is 5.69 Å². The Bertz CT molecular complexity index is 1620. The van der Waals surface area contributed by atoms with Crippen molar-refractivity contribution in [3.8, 4) is 22.7 Å². The Morgan fingerprint density at radius 1 is 0.854 bits per heavy atom. The first-order valence-corrected chi connectivity index (χ1v) is 13.5. The van der Waals surface area contributed by atoms with Gasteiger partial charge < -0.3 is 19.1 Å². The molecule has 0 aliphatic carbocycles. The number of halogens is 1. The molecule has 0 N–H and O–H groups in total. The van der Waals surface area contributed by atoms with Gasteiger partial charge in [-0.25, -0.2) is 0 Å². The minimum Gasteiger partial charge on any atom is -0.497 e. The fraction of sp³-hybridized carbons (Fsp3) is 0.226. The van der Waals surface area contributed by atoms with Crippen LogP contribution in [0.15, 0.2) is 72.8 Å². The van der Waals surface area contributed by atoms with Crippen molar-refractivity contribution in [2.75, 3.05) is 33.3 Å². The summed E-state index contributed by atoms with van der Waals surface area (Å²) in [4.78, 5) is 40.9. The Kier molecular flexibility index (Phi) is 7.81. The first-order valence-electron chi connectivity index (χ1n) is 13.1. The van der Waals surface area contributed by atoms with Gasteiger partial charge in [0, 0.05) is 49.2 Å². The fourth-order valence-electron chi connectivity index (χ4n) is 5.08. The molecule has 1 aliphatic rings. The van der Waals surface area contributed by atoms with Gasteiger partial charge in [0.05, 0.1) is 23.3 Å². The van der Waals surface area contributed by atoms with Crippen molar-refractivity contribution in [3.05, 3.63) is 110 Å². The zero-order valence-corrected chi connectivity index (χ0v) is 23.7. The van der Waals surface area contributed by atoms with Crippen molar-refractivity contribution < 1.29 is 19.2 Å². The van der Waals surface area contributed by atoms with E-state index in [0.717, 1.165) is 34.0 Å². The standard InChI is InChI=1S/C31H29ClN4O5/c1-20-4-9-24(10-5-20)35-21(2)26(19-28(35)22-6-11-25(41-3)12-7-22)31(38)34-16-14-33(15-17-34)30(37)23-8-13-27(32)29(18-23)36(39)40/h4-13,18-19H,14-17H2,1-3H3. The second kappa shape index (κ2) is 11.5. The number of rotatable bonds is 6. The third-order valence-corrected chi connectivity index (χ3v) is 7.72. The molecule has 1 fully saturated rings. The van der Waals surface area contributed by atoms with Gasteiger partial charge in [-0.1, -0.05) is 29.3 Å². The Morgan fingerprint density at radius 3 is 2.05 bits per heavy atom. The van der Waals surface area contributed by atoms with E-state index in [1.165, 1.54) is 18.2 Å². The van der Waals surface area contributed by atoms with E-state index in [9.17, 15) is 19.7 Å². The number of nitrogens with zero attached hydrogens (tertiary/aromatic N) is 4. The topological polar surface area (TPSA) is 97.9 Å². The molecule has 9 nitrogen and oxygen atoms in total. The Morgan fingerprint density at radius 2 is 1.46 bits per heavy atom. The number of aromatic nitrogens is 1. The van der Waals surface area contributed by atoms with Crippen LogP contribution < -0.4 is 4.74 Å². The highest BCUT2D eigenvalue weighted by Crippen LogP contribution is 2.32. The van der Waals surface area contributed by atoms with E-state index in [0.29, 0.717) is 31.7 Å². The van der Waals surface area contributed by atoms with E-state index in [4.69, 9.17) is 16.3 Å². The molecule has 1 saturated heterocycles. The number of aryl methyl sites for hydroxylation is 1. The molecule has 0 radical (unpaired) electrons. The number of hydrogen-bond acceptors (Lipinski definition) is 5. The highest BCUT2D eigenvalue weighted by Gasteiger charge is 2.29. The van der Waals surface area contributed by atoms with E-state index in [2.05, 4.69) is 4.57 Å². The zero-order chi connectivity index (χ0) is 29.3. The van der Waals surface area contributed by atoms with Gasteiger partial charge in [0.2, 0.25) is 0 Å². The van der Waals surface area contributed by atoms with Crippen molar-refractivity contribution in [2.24, 2.45) is 0 Å². The molecule has 2 amide bonds. The van der Waals surface area contributed by atoms with Crippen molar-refractivity contribution in [1.82, 2.24) is 14.4 Å². The third kappa shape index (κ3) is 5.53. The third-order valence-electron chi connectivity index (χ3n) is 7.40. The van der Waals surface area contributed by atoms with Gasteiger partial charge in [0.15, 0.2) is 0 Å². The summed E-state index contributed by atoms with van der Waals surface area (Å²) in [5, 5.41) is 11.2. The lowest BCUT2D eigenvalue weighted by Gasteiger charge is -2.34. The second-order valence-electron chi connectivity index (χ2n) is 9.94. The number of carbonyl (C=O) groups is 2. The Hall–Kier alpha value is -4.63. The highest BCUT2D eigenvalue weighted by molar-refractivity contribution is 6.32. The van der Waals surface area contributed by atoms with E-state index in [1.54, 1.807) is 16.9 Å². The van der Waals surface area contributed by atoms with Crippen LogP contribution in [-0.4, -0.2) is 64.4 Å². The van der Waals surface area contributed by atoms with Gasteiger partial charge in [-0.3, -0.25) is 19.7 Å². The normalized spacial score (nSPS) is 13.3. The summed E-state index contributed by atoms with van der Waals surface area (Å²) in [7, 11) is 1.62. The number of nitro groups is 1. The first-order chi connectivity index (χ1) is 19.7. The van der Waals surface area contributed by atoms with Crippen LogP contribution >= 0.6 is 11.6 Å². The highest BCUT2D eigenvalue weighted by atomic mass is 35.5. The summed E-state index contributed by atoms with van der Waals surface area (Å²) in [6.45, 7) is 5.27. The summed E-state index contributed by atoms with van der Waals surface area (Å²) in [5.74, 6) is 0.300. The molecule has 1 aliphatic heterocycles. The molecule has 2 heterocycles. The maximum atomic E-state index is 13.8. The summed E-state index contributed by atoms with van der Waals surface area (Å²) >= 11 is 5.90. The molecule has 10 heteroatoms. The molecule has 210 valence electrons. The smallest absolute Gasteiger partial charge is 0.288 e. The van der Waals surface area contributed by atoms with Crippen molar-refractivity contribution in [1.29, 1.82) is 0 Å². The molecule has 0 saturated carbocycles. The number of nitro benzene ring substituents is 1. The molecule has 4 aromatic rings. The molecular formula is C31H29ClN4O5. The van der Waals surface area contributed by atoms with Gasteiger partial charge in [0.1, 0.15) is 10.8 Å². The van der Waals surface area contributed by atoms with E-state index in [1.807, 2.05) is 68.4 Å². The van der Waals surface area contributed by atoms with E-state index < -0.39 is 4.92 Å². The second-order valence-corrected chi connectivity index (χ2v) is 10.3. The summed E-state index contributed by atoms with van der Waals surface area (Å²) in [5.41, 5.74) is 5.20. The van der Waals surface area contributed by atoms with E-state index >= 15 is 0 Å². The van der Waals surface area contributed by atoms with Gasteiger partial charge >= 0.3 is 0 Å². The predicted molar refractivity (Wildman–Crippen MR) is 157 cm³/mol. The zero-order valence-electron chi connectivity index (χ0n) is 23.0. The lowest BCUT2D eigenvalue weighted by atomic mass is 10.1. The van der Waals surface area contributed by atoms with Crippen LogP contribution in [0.1, 0.15) is 32.0 Å². The first kappa shape index (κ1) is 27.9. The van der Waals surface area contributed by atoms with Crippen LogP contribution in [-0.2, 0) is 0 Å². The quantitative estimate of drug-likeness (QED) is 0.211. The average molecular weight is 573 g/mol. The molecular weight excluding hydrogens is 544 g/mol. The number of ether oxygens (including phenoxy) is 1. The number of carbonyl (C=O) groups excluding carboxylic acids is 2. The largest absolute Gasteiger partial charge is 0.497 e. The molecule has 3 aromatic carbocycles. The fourth-order valence-corrected chi connectivity index (χ4v) is 5.26. The Balaban J connectivity index is 1.39. The summed E-state index contributed by atoms with van der Waals surface area (Å²) in [6, 6.07) is 21.8. The number of piperazine rings is 1. The van der Waals surface area contributed by atoms with Crippen LogP contribution in [0.2, 0.25) is 5.02 Å². The van der Waals surface area contributed by atoms with Crippen LogP contribution in [0.5, 0.6) is 5.75 Å². The minimum absolute atomic E-state index is 0.0241. The molecule has 0 bridgehead atoms. The number of methoxy groups -OCH3 is 1. The summed E-state index contributed by atoms with van der Waals surface area (Å²) in [6.07, 6.45) is 0. The SMILES string of the molecule is COc1ccc(-c2cc(C(=O)N3CCN(C(=O)c4ccc(Cl)c([N+](=O)[O-])c4)CC3)c(C)n2-c2ccc(C)cc2)cc1. The predicted octanol–water partition coefficient (Wildman–Crippen LogP) is 5.93. The van der Waals surface area contributed by atoms with Crippen LogP contribution in [0.25, 0.3) is 16.9 Å². The number of amides is 2. The molecule has 0 unspecified atom stereocenters. The monoisotopic (exact) mass is 572 g/mol. The van der Waals surface area contributed by atoms with Gasteiger partial charge in [-0.2, -0.15) is 0 Å². The maximum Gasteiger partial charge on any atom is 0.288 e. The molecule has 1 aromatic heterocycles. The lowest BCUT2D eigenvalue weighted by Crippen LogP contribution is -2.50. The minimum atomic E-state index is -0.610. The molecule has 41 heavy (non-hydrogen) atoms. The van der Waals surface area contributed by atoms with Crippen molar-refractivity contribution in [3.63, 3.8) is 0 Å². The van der Waals surface area contributed by atoms with Crippen LogP contribution in [0.3, 0.4) is 0 Å². The molecule has 0 spiro atoms. The molecule has 0 atom stereocenters. The van der Waals surface area contributed by atoms with Crippen molar-refractivity contribution >= 4 is 29.1 Å². The van der Waals surface area contributed by atoms with E-state index in [-0.39, 0.29) is 28.1 Å². The Labute approximate surface area is 242 Å². The maximum absolute atomic E-state index is 13.8. The van der Waals surface area contributed by atoms with Gasteiger partial charge in [-0.15, -0.1) is 0 Å². The van der Waals surface area contributed by atoms with Gasteiger partial charge in [-0.05, 0) is 74.0 Å². The molecule has 5 rings (SSSR count). The van der Waals surface area contributed by atoms with Crippen LogP contribution in [0, 0.1) is 24.0 Å². The summed E-state index contributed by atoms with van der Waals surface area (Å²) < 4.78 is 7.41. The van der Waals surface area contributed by atoms with Crippen molar-refractivity contribution in [2.45, 2.75) is 13.8 Å². The number of benzene rings is 3.